The second kappa shape index (κ2) is 9.93. The van der Waals surface area contributed by atoms with Crippen molar-refractivity contribution in [2.75, 3.05) is 53.0 Å². The third-order valence-corrected chi connectivity index (χ3v) is 6.32. The fourth-order valence-corrected chi connectivity index (χ4v) is 4.44. The largest absolute Gasteiger partial charge is 0.493 e. The first-order valence-electron chi connectivity index (χ1n) is 11.6. The first kappa shape index (κ1) is 23.1. The summed E-state index contributed by atoms with van der Waals surface area (Å²) in [6.07, 6.45) is 4.46. The smallest absolute Gasteiger partial charge is 0.228 e. The summed E-state index contributed by atoms with van der Waals surface area (Å²) < 4.78 is 23.6. The number of nitrogens with zero attached hydrogens (tertiary/aromatic N) is 6. The fraction of sp³-hybridized carbons (Fsp3) is 0.400. The van der Waals surface area contributed by atoms with E-state index in [0.29, 0.717) is 37.2 Å². The number of ether oxygens (including phenoxy) is 3. The van der Waals surface area contributed by atoms with Crippen molar-refractivity contribution in [2.24, 2.45) is 0 Å². The summed E-state index contributed by atoms with van der Waals surface area (Å²) in [5.74, 6) is 3.38. The maximum absolute atomic E-state index is 5.56. The van der Waals surface area contributed by atoms with Crippen molar-refractivity contribution in [3.8, 4) is 23.1 Å². The van der Waals surface area contributed by atoms with E-state index >= 15 is 0 Å². The van der Waals surface area contributed by atoms with Gasteiger partial charge in [-0.15, -0.1) is 5.10 Å². The average molecular weight is 479 g/mol. The summed E-state index contributed by atoms with van der Waals surface area (Å²) in [6.45, 7) is 3.69. The number of hydrogen-bond acceptors (Lipinski definition) is 9. The molecule has 4 heterocycles. The van der Waals surface area contributed by atoms with Crippen LogP contribution in [-0.4, -0.2) is 72.6 Å². The summed E-state index contributed by atoms with van der Waals surface area (Å²) in [6, 6.07) is 7.86. The zero-order valence-electron chi connectivity index (χ0n) is 20.5. The molecule has 184 valence electrons. The van der Waals surface area contributed by atoms with Gasteiger partial charge in [0.2, 0.25) is 11.8 Å². The maximum atomic E-state index is 5.56. The number of fused-ring (bicyclic) bond motifs is 2. The molecule has 3 aromatic heterocycles. The maximum Gasteiger partial charge on any atom is 0.228 e. The molecule has 0 saturated heterocycles. The normalized spacial score (nSPS) is 13.7. The number of hydrogen-bond donors (Lipinski definition) is 0. The number of anilines is 1. The van der Waals surface area contributed by atoms with E-state index in [9.17, 15) is 0 Å². The van der Waals surface area contributed by atoms with Crippen molar-refractivity contribution < 1.29 is 18.6 Å². The van der Waals surface area contributed by atoms with Gasteiger partial charge in [0.05, 0.1) is 27.1 Å². The molecule has 10 heteroatoms. The highest BCUT2D eigenvalue weighted by molar-refractivity contribution is 5.58. The molecule has 1 aliphatic rings. The molecule has 10 nitrogen and oxygen atoms in total. The van der Waals surface area contributed by atoms with Gasteiger partial charge in [-0.05, 0) is 41.8 Å². The Morgan fingerprint density at radius 3 is 2.63 bits per heavy atom. The molecule has 0 fully saturated rings. The molecule has 0 unspecified atom stereocenters. The van der Waals surface area contributed by atoms with Crippen LogP contribution in [0.2, 0.25) is 0 Å². The number of benzene rings is 1. The molecule has 0 bridgehead atoms. The summed E-state index contributed by atoms with van der Waals surface area (Å²) in [4.78, 5) is 14.0. The van der Waals surface area contributed by atoms with Gasteiger partial charge >= 0.3 is 0 Å². The Morgan fingerprint density at radius 2 is 1.91 bits per heavy atom. The molecule has 4 aromatic rings. The SMILES string of the molecule is COCCN(C)c1ncc(CN2CCc3cc(OC)c(OC)cc3C2)c2nc(-c3ccco3)nn12. The molecule has 1 aromatic carbocycles. The lowest BCUT2D eigenvalue weighted by molar-refractivity contribution is 0.206. The van der Waals surface area contributed by atoms with Crippen molar-refractivity contribution in [3.05, 3.63) is 53.4 Å². The topological polar surface area (TPSA) is 90.4 Å². The lowest BCUT2D eigenvalue weighted by Gasteiger charge is -2.29. The molecular weight excluding hydrogens is 448 g/mol. The molecular formula is C25H30N6O4. The van der Waals surface area contributed by atoms with Crippen LogP contribution in [0, 0.1) is 0 Å². The van der Waals surface area contributed by atoms with Crippen LogP contribution in [0.3, 0.4) is 0 Å². The van der Waals surface area contributed by atoms with E-state index in [1.54, 1.807) is 32.1 Å². The van der Waals surface area contributed by atoms with E-state index < -0.39 is 0 Å². The second-order valence-electron chi connectivity index (χ2n) is 8.58. The van der Waals surface area contributed by atoms with E-state index in [2.05, 4.69) is 17.0 Å². The van der Waals surface area contributed by atoms with E-state index in [-0.39, 0.29) is 0 Å². The van der Waals surface area contributed by atoms with Crippen molar-refractivity contribution in [2.45, 2.75) is 19.5 Å². The van der Waals surface area contributed by atoms with Crippen LogP contribution in [0.15, 0.2) is 41.1 Å². The predicted molar refractivity (Wildman–Crippen MR) is 131 cm³/mol. The van der Waals surface area contributed by atoms with Crippen LogP contribution in [0.4, 0.5) is 5.95 Å². The summed E-state index contributed by atoms with van der Waals surface area (Å²) in [5, 5.41) is 4.73. The Hall–Kier alpha value is -3.63. The molecule has 0 atom stereocenters. The molecule has 0 aliphatic carbocycles. The van der Waals surface area contributed by atoms with Gasteiger partial charge in [0, 0.05) is 52.1 Å². The quantitative estimate of drug-likeness (QED) is 0.360. The van der Waals surface area contributed by atoms with E-state index in [0.717, 1.165) is 42.2 Å². The zero-order valence-corrected chi connectivity index (χ0v) is 20.5. The molecule has 1 aliphatic heterocycles. The minimum atomic E-state index is 0.534. The number of rotatable bonds is 9. The Bertz CT molecular complexity index is 1300. The molecule has 5 rings (SSSR count). The summed E-state index contributed by atoms with van der Waals surface area (Å²) in [5.41, 5.74) is 4.30. The zero-order chi connectivity index (χ0) is 24.4. The molecule has 0 N–H and O–H groups in total. The Labute approximate surface area is 204 Å². The summed E-state index contributed by atoms with van der Waals surface area (Å²) in [7, 11) is 6.99. The highest BCUT2D eigenvalue weighted by atomic mass is 16.5. The number of furan rings is 1. The molecule has 0 radical (unpaired) electrons. The predicted octanol–water partition coefficient (Wildman–Crippen LogP) is 3.04. The lowest BCUT2D eigenvalue weighted by Crippen LogP contribution is -2.31. The third kappa shape index (κ3) is 4.54. The molecule has 0 saturated carbocycles. The van der Waals surface area contributed by atoms with Gasteiger partial charge in [0.15, 0.2) is 22.9 Å². The van der Waals surface area contributed by atoms with E-state index in [1.165, 1.54) is 11.1 Å². The number of likely N-dealkylation sites (N-methyl/N-ethyl adjacent to an activating group) is 1. The second-order valence-corrected chi connectivity index (χ2v) is 8.58. The summed E-state index contributed by atoms with van der Waals surface area (Å²) >= 11 is 0. The lowest BCUT2D eigenvalue weighted by atomic mass is 9.98. The van der Waals surface area contributed by atoms with Gasteiger partial charge in [-0.2, -0.15) is 4.52 Å². The number of methoxy groups -OCH3 is 3. The van der Waals surface area contributed by atoms with E-state index in [1.807, 2.05) is 30.3 Å². The van der Waals surface area contributed by atoms with Crippen LogP contribution < -0.4 is 14.4 Å². The van der Waals surface area contributed by atoms with Crippen molar-refractivity contribution in [3.63, 3.8) is 0 Å². The van der Waals surface area contributed by atoms with Crippen LogP contribution in [-0.2, 0) is 24.2 Å². The third-order valence-electron chi connectivity index (χ3n) is 6.32. The Balaban J connectivity index is 1.46. The Morgan fingerprint density at radius 1 is 1.11 bits per heavy atom. The first-order valence-corrected chi connectivity index (χ1v) is 11.6. The molecule has 0 amide bonds. The van der Waals surface area contributed by atoms with Gasteiger partial charge in [-0.3, -0.25) is 4.90 Å². The fourth-order valence-electron chi connectivity index (χ4n) is 4.44. The average Bonchev–Trinajstić information content (AvgIpc) is 3.57. The van der Waals surface area contributed by atoms with Crippen LogP contribution in [0.1, 0.15) is 16.7 Å². The van der Waals surface area contributed by atoms with E-state index in [4.69, 9.17) is 33.7 Å². The van der Waals surface area contributed by atoms with Gasteiger partial charge in [-0.1, -0.05) is 0 Å². The van der Waals surface area contributed by atoms with Crippen molar-refractivity contribution in [1.82, 2.24) is 24.5 Å². The standard InChI is InChI=1S/C25H30N6O4/c1-29(9-11-32-2)25-26-14-19(24-27-23(28-31(24)25)20-6-5-10-35-20)16-30-8-7-17-12-21(33-3)22(34-4)13-18(17)15-30/h5-6,10,12-14H,7-9,11,15-16H2,1-4H3. The van der Waals surface area contributed by atoms with Gasteiger partial charge in [0.25, 0.3) is 0 Å². The highest BCUT2D eigenvalue weighted by Crippen LogP contribution is 2.34. The molecule has 35 heavy (non-hydrogen) atoms. The number of aromatic nitrogens is 4. The molecule has 0 spiro atoms. The van der Waals surface area contributed by atoms with Crippen molar-refractivity contribution >= 4 is 11.6 Å². The van der Waals surface area contributed by atoms with Gasteiger partial charge in [-0.25, -0.2) is 9.97 Å². The highest BCUT2D eigenvalue weighted by Gasteiger charge is 2.23. The van der Waals surface area contributed by atoms with Crippen molar-refractivity contribution in [1.29, 1.82) is 0 Å². The monoisotopic (exact) mass is 478 g/mol. The minimum Gasteiger partial charge on any atom is -0.493 e. The minimum absolute atomic E-state index is 0.534. The van der Waals surface area contributed by atoms with Crippen LogP contribution in [0.5, 0.6) is 11.5 Å². The first-order chi connectivity index (χ1) is 17.1. The van der Waals surface area contributed by atoms with Gasteiger partial charge in [0.1, 0.15) is 0 Å². The Kier molecular flexibility index (Phi) is 6.56. The van der Waals surface area contributed by atoms with Gasteiger partial charge < -0.3 is 23.5 Å². The van der Waals surface area contributed by atoms with Crippen LogP contribution in [0.25, 0.3) is 17.2 Å². The van der Waals surface area contributed by atoms with Crippen LogP contribution >= 0.6 is 0 Å².